The third kappa shape index (κ3) is 3.58. The molecule has 1 unspecified atom stereocenters. The average molecular weight is 370 g/mol. The fourth-order valence-corrected chi connectivity index (χ4v) is 4.62. The minimum absolute atomic E-state index is 0.0387. The molecule has 1 aromatic heterocycles. The van der Waals surface area contributed by atoms with Crippen molar-refractivity contribution in [1.29, 1.82) is 0 Å². The van der Waals surface area contributed by atoms with E-state index in [0.717, 1.165) is 63.3 Å². The number of carbonyl (C=O) groups excluding carboxylic acids is 2. The van der Waals surface area contributed by atoms with Crippen molar-refractivity contribution in [3.05, 3.63) is 23.3 Å². The van der Waals surface area contributed by atoms with Gasteiger partial charge in [-0.15, -0.1) is 0 Å². The Morgan fingerprint density at radius 3 is 2.70 bits per heavy atom. The summed E-state index contributed by atoms with van der Waals surface area (Å²) in [6.07, 6.45) is 7.62. The number of hydrogen-bond acceptors (Lipinski definition) is 4. The predicted molar refractivity (Wildman–Crippen MR) is 102 cm³/mol. The molecule has 1 aliphatic carbocycles. The van der Waals surface area contributed by atoms with E-state index < -0.39 is 0 Å². The lowest BCUT2D eigenvalue weighted by Crippen LogP contribution is -2.55. The van der Waals surface area contributed by atoms with Crippen LogP contribution in [0.3, 0.4) is 0 Å². The number of hydrogen-bond donors (Lipinski definition) is 0. The monoisotopic (exact) mass is 370 g/mol. The molecule has 146 valence electrons. The predicted octanol–water partition coefficient (Wildman–Crippen LogP) is 2.92. The second kappa shape index (κ2) is 6.88. The van der Waals surface area contributed by atoms with Crippen molar-refractivity contribution in [3.63, 3.8) is 0 Å². The first-order chi connectivity index (χ1) is 12.9. The molecule has 0 N–H and O–H groups in total. The summed E-state index contributed by atoms with van der Waals surface area (Å²) in [5.41, 5.74) is 1.44. The van der Waals surface area contributed by atoms with Gasteiger partial charge >= 0.3 is 0 Å². The van der Waals surface area contributed by atoms with Crippen molar-refractivity contribution in [3.8, 4) is 0 Å². The molecular formula is C21H30N4O2. The zero-order valence-corrected chi connectivity index (χ0v) is 16.7. The SMILES string of the molecule is Cc1nc(C(C)C)ncc1C(=O)N1CCCC2(CCC(=O)N(C3CC3)C2)C1. The fraction of sp³-hybridized carbons (Fsp3) is 0.714. The minimum Gasteiger partial charge on any atom is -0.339 e. The van der Waals surface area contributed by atoms with E-state index in [4.69, 9.17) is 0 Å². The van der Waals surface area contributed by atoms with Gasteiger partial charge in [0.15, 0.2) is 0 Å². The van der Waals surface area contributed by atoms with Crippen molar-refractivity contribution >= 4 is 11.8 Å². The van der Waals surface area contributed by atoms with Crippen LogP contribution in [0.25, 0.3) is 0 Å². The molecule has 2 amide bonds. The molecule has 3 heterocycles. The molecule has 2 saturated heterocycles. The molecule has 1 saturated carbocycles. The van der Waals surface area contributed by atoms with Crippen LogP contribution in [0.4, 0.5) is 0 Å². The van der Waals surface area contributed by atoms with Gasteiger partial charge in [-0.25, -0.2) is 9.97 Å². The van der Waals surface area contributed by atoms with E-state index in [-0.39, 0.29) is 17.2 Å². The van der Waals surface area contributed by atoms with Crippen LogP contribution in [-0.2, 0) is 4.79 Å². The summed E-state index contributed by atoms with van der Waals surface area (Å²) in [5.74, 6) is 1.38. The normalized spacial score (nSPS) is 26.1. The number of nitrogens with zero attached hydrogens (tertiary/aromatic N) is 4. The van der Waals surface area contributed by atoms with E-state index in [2.05, 4.69) is 28.7 Å². The van der Waals surface area contributed by atoms with Crippen LogP contribution in [-0.4, -0.2) is 57.3 Å². The van der Waals surface area contributed by atoms with Crippen molar-refractivity contribution in [2.45, 2.75) is 71.3 Å². The summed E-state index contributed by atoms with van der Waals surface area (Å²) in [6, 6.07) is 0.458. The first-order valence-corrected chi connectivity index (χ1v) is 10.3. The molecule has 1 spiro atoms. The second-order valence-corrected chi connectivity index (χ2v) is 8.97. The third-order valence-electron chi connectivity index (χ3n) is 6.38. The van der Waals surface area contributed by atoms with Crippen molar-refractivity contribution < 1.29 is 9.59 Å². The summed E-state index contributed by atoms with van der Waals surface area (Å²) in [7, 11) is 0. The van der Waals surface area contributed by atoms with Gasteiger partial charge in [0.25, 0.3) is 5.91 Å². The summed E-state index contributed by atoms with van der Waals surface area (Å²) >= 11 is 0. The number of carbonyl (C=O) groups is 2. The summed E-state index contributed by atoms with van der Waals surface area (Å²) in [6.45, 7) is 8.36. The third-order valence-corrected chi connectivity index (χ3v) is 6.38. The van der Waals surface area contributed by atoms with Crippen LogP contribution in [0.2, 0.25) is 0 Å². The fourth-order valence-electron chi connectivity index (χ4n) is 4.62. The summed E-state index contributed by atoms with van der Waals surface area (Å²) in [4.78, 5) is 38.5. The molecule has 6 nitrogen and oxygen atoms in total. The van der Waals surface area contributed by atoms with Crippen LogP contribution >= 0.6 is 0 Å². The largest absolute Gasteiger partial charge is 0.339 e. The van der Waals surface area contributed by atoms with Gasteiger partial charge < -0.3 is 9.80 Å². The number of rotatable bonds is 3. The van der Waals surface area contributed by atoms with Crippen molar-refractivity contribution in [2.75, 3.05) is 19.6 Å². The molecule has 1 atom stereocenters. The maximum Gasteiger partial charge on any atom is 0.257 e. The van der Waals surface area contributed by atoms with E-state index in [9.17, 15) is 9.59 Å². The Bertz CT molecular complexity index is 759. The van der Waals surface area contributed by atoms with Crippen LogP contribution in [0, 0.1) is 12.3 Å². The summed E-state index contributed by atoms with van der Waals surface area (Å²) in [5, 5.41) is 0. The number of aromatic nitrogens is 2. The zero-order chi connectivity index (χ0) is 19.2. The zero-order valence-electron chi connectivity index (χ0n) is 16.7. The van der Waals surface area contributed by atoms with E-state index >= 15 is 0 Å². The molecule has 0 radical (unpaired) electrons. The Balaban J connectivity index is 1.51. The Hall–Kier alpha value is -1.98. The molecule has 1 aromatic rings. The van der Waals surface area contributed by atoms with Crippen LogP contribution < -0.4 is 0 Å². The number of likely N-dealkylation sites (tertiary alicyclic amines) is 2. The Kier molecular flexibility index (Phi) is 4.68. The van der Waals surface area contributed by atoms with E-state index in [1.807, 2.05) is 11.8 Å². The standard InChI is InChI=1S/C21H30N4O2/c1-14(2)19-22-11-17(15(3)23-19)20(27)24-10-4-8-21(12-24)9-7-18(26)25(13-21)16-5-6-16/h11,14,16H,4-10,12-13H2,1-3H3. The van der Waals surface area contributed by atoms with E-state index in [1.165, 1.54) is 0 Å². The maximum atomic E-state index is 13.2. The minimum atomic E-state index is 0.0387. The number of amides is 2. The molecule has 3 fully saturated rings. The van der Waals surface area contributed by atoms with Gasteiger partial charge in [0.1, 0.15) is 5.82 Å². The van der Waals surface area contributed by atoms with Crippen LogP contribution in [0.5, 0.6) is 0 Å². The second-order valence-electron chi connectivity index (χ2n) is 8.97. The van der Waals surface area contributed by atoms with Crippen molar-refractivity contribution in [2.24, 2.45) is 5.41 Å². The highest BCUT2D eigenvalue weighted by molar-refractivity contribution is 5.95. The van der Waals surface area contributed by atoms with Crippen LogP contribution in [0.15, 0.2) is 6.20 Å². The average Bonchev–Trinajstić information content (AvgIpc) is 3.48. The molecule has 0 bridgehead atoms. The lowest BCUT2D eigenvalue weighted by atomic mass is 9.73. The van der Waals surface area contributed by atoms with Gasteiger partial charge in [0.2, 0.25) is 5.91 Å². The lowest BCUT2D eigenvalue weighted by molar-refractivity contribution is -0.139. The maximum absolute atomic E-state index is 13.2. The topological polar surface area (TPSA) is 66.4 Å². The van der Waals surface area contributed by atoms with Gasteiger partial charge in [0, 0.05) is 49.6 Å². The molecule has 0 aromatic carbocycles. The van der Waals surface area contributed by atoms with Gasteiger partial charge in [0.05, 0.1) is 11.3 Å². The molecule has 6 heteroatoms. The quantitative estimate of drug-likeness (QED) is 0.820. The van der Waals surface area contributed by atoms with E-state index in [0.29, 0.717) is 23.9 Å². The molecule has 4 rings (SSSR count). The number of aryl methyl sites for hydroxylation is 1. The molecular weight excluding hydrogens is 340 g/mol. The highest BCUT2D eigenvalue weighted by Gasteiger charge is 2.46. The molecule has 3 aliphatic rings. The first kappa shape index (κ1) is 18.4. The van der Waals surface area contributed by atoms with Crippen LogP contribution in [0.1, 0.15) is 80.2 Å². The Morgan fingerprint density at radius 1 is 1.26 bits per heavy atom. The smallest absolute Gasteiger partial charge is 0.257 e. The van der Waals surface area contributed by atoms with Gasteiger partial charge in [-0.05, 0) is 39.0 Å². The lowest BCUT2D eigenvalue weighted by Gasteiger charge is -2.48. The Labute approximate surface area is 161 Å². The van der Waals surface area contributed by atoms with Gasteiger partial charge in [-0.3, -0.25) is 9.59 Å². The molecule has 2 aliphatic heterocycles. The first-order valence-electron chi connectivity index (χ1n) is 10.3. The highest BCUT2D eigenvalue weighted by atomic mass is 16.2. The Morgan fingerprint density at radius 2 is 2.04 bits per heavy atom. The van der Waals surface area contributed by atoms with Gasteiger partial charge in [-0.1, -0.05) is 13.8 Å². The number of piperidine rings is 2. The molecule has 27 heavy (non-hydrogen) atoms. The van der Waals surface area contributed by atoms with Gasteiger partial charge in [-0.2, -0.15) is 0 Å². The summed E-state index contributed by atoms with van der Waals surface area (Å²) < 4.78 is 0. The van der Waals surface area contributed by atoms with E-state index in [1.54, 1.807) is 6.20 Å². The van der Waals surface area contributed by atoms with Crippen molar-refractivity contribution in [1.82, 2.24) is 19.8 Å². The highest BCUT2D eigenvalue weighted by Crippen LogP contribution is 2.42.